The van der Waals surface area contributed by atoms with Crippen molar-refractivity contribution in [2.45, 2.75) is 0 Å². The number of hydrogen-bond acceptors (Lipinski definition) is 3. The summed E-state index contributed by atoms with van der Waals surface area (Å²) in [7, 11) is 3.19. The second-order valence-corrected chi connectivity index (χ2v) is 1.77. The number of carbonyl (C=O) groups is 2. The first-order valence-corrected chi connectivity index (χ1v) is 2.51. The van der Waals surface area contributed by atoms with E-state index >= 15 is 0 Å². The van der Waals surface area contributed by atoms with Gasteiger partial charge in [-0.2, -0.15) is 0 Å². The summed E-state index contributed by atoms with van der Waals surface area (Å²) in [4.78, 5) is 20.8. The van der Waals surface area contributed by atoms with Gasteiger partial charge in [-0.3, -0.25) is 14.5 Å². The lowest BCUT2D eigenvalue weighted by Crippen LogP contribution is -2.28. The molecule has 0 aromatic heterocycles. The first-order chi connectivity index (χ1) is 4.52. The molecule has 0 aromatic rings. The number of carboxylic acids is 2. The summed E-state index contributed by atoms with van der Waals surface area (Å²) in [6.45, 7) is -0.710. The summed E-state index contributed by atoms with van der Waals surface area (Å²) in [6, 6.07) is 0. The van der Waals surface area contributed by atoms with Gasteiger partial charge >= 0.3 is 11.9 Å². The highest BCUT2D eigenvalue weighted by atomic mass is 16.4. The minimum Gasteiger partial charge on any atom is -0.480 e. The zero-order valence-corrected chi connectivity index (χ0v) is 5.28. The van der Waals surface area contributed by atoms with E-state index in [0.29, 0.717) is 0 Å². The van der Waals surface area contributed by atoms with E-state index in [2.05, 4.69) is 7.05 Å². The Morgan fingerprint density at radius 2 is 1.50 bits per heavy atom. The van der Waals surface area contributed by atoms with Crippen LogP contribution in [0.5, 0.6) is 0 Å². The maximum absolute atomic E-state index is 9.92. The second kappa shape index (κ2) is 3.84. The third-order valence-electron chi connectivity index (χ3n) is 0.718. The van der Waals surface area contributed by atoms with Gasteiger partial charge in [-0.05, 0) is 0 Å². The summed E-state index contributed by atoms with van der Waals surface area (Å²) in [6.07, 6.45) is 0. The monoisotopic (exact) mass is 146 g/mol. The minimum atomic E-state index is -1.09. The maximum Gasteiger partial charge on any atom is 0.317 e. The molecule has 0 aliphatic rings. The Kier molecular flexibility index (Phi) is 3.42. The van der Waals surface area contributed by atoms with Crippen molar-refractivity contribution in [3.8, 4) is 0 Å². The Labute approximate surface area is 57.9 Å². The molecule has 0 rings (SSSR count). The molecular weight excluding hydrogens is 138 g/mol. The fourth-order valence-corrected chi connectivity index (χ4v) is 0.438. The van der Waals surface area contributed by atoms with Crippen molar-refractivity contribution < 1.29 is 19.8 Å². The van der Waals surface area contributed by atoms with Crippen LogP contribution >= 0.6 is 0 Å². The quantitative estimate of drug-likeness (QED) is 0.545. The number of nitrogens with zero attached hydrogens (tertiary/aromatic N) is 1. The molecule has 0 unspecified atom stereocenters. The van der Waals surface area contributed by atoms with Crippen LogP contribution in [0.25, 0.3) is 0 Å². The van der Waals surface area contributed by atoms with E-state index in [4.69, 9.17) is 10.2 Å². The number of hydrogen-bond donors (Lipinski definition) is 2. The van der Waals surface area contributed by atoms with Crippen molar-refractivity contribution in [1.29, 1.82) is 0 Å². The number of aliphatic carboxylic acids is 2. The number of rotatable bonds is 4. The molecule has 5 nitrogen and oxygen atoms in total. The first-order valence-electron chi connectivity index (χ1n) is 2.51. The lowest BCUT2D eigenvalue weighted by Gasteiger charge is -2.08. The van der Waals surface area contributed by atoms with Gasteiger partial charge in [-0.15, -0.1) is 0 Å². The van der Waals surface area contributed by atoms with Gasteiger partial charge in [0, 0.05) is 7.05 Å². The van der Waals surface area contributed by atoms with E-state index in [9.17, 15) is 9.59 Å². The average Bonchev–Trinajstić information content (AvgIpc) is 1.58. The zero-order valence-electron chi connectivity index (χ0n) is 5.28. The van der Waals surface area contributed by atoms with Crippen LogP contribution in [0.4, 0.5) is 0 Å². The lowest BCUT2D eigenvalue weighted by atomic mass is 10.5. The van der Waals surface area contributed by atoms with Gasteiger partial charge in [0.1, 0.15) is 0 Å². The average molecular weight is 146 g/mol. The van der Waals surface area contributed by atoms with Gasteiger partial charge in [-0.25, -0.2) is 0 Å². The van der Waals surface area contributed by atoms with Gasteiger partial charge in [-0.1, -0.05) is 0 Å². The van der Waals surface area contributed by atoms with Gasteiger partial charge in [0.15, 0.2) is 0 Å². The molecule has 0 atom stereocenters. The Bertz CT molecular complexity index is 129. The molecule has 0 aromatic carbocycles. The highest BCUT2D eigenvalue weighted by molar-refractivity contribution is 5.72. The van der Waals surface area contributed by atoms with Crippen molar-refractivity contribution in [2.75, 3.05) is 13.1 Å². The van der Waals surface area contributed by atoms with Crippen molar-refractivity contribution in [3.63, 3.8) is 0 Å². The molecule has 2 N–H and O–H groups in total. The Morgan fingerprint density at radius 3 is 1.70 bits per heavy atom. The van der Waals surface area contributed by atoms with E-state index in [-0.39, 0.29) is 13.1 Å². The Morgan fingerprint density at radius 1 is 1.20 bits per heavy atom. The van der Waals surface area contributed by atoms with Gasteiger partial charge in [0.2, 0.25) is 0 Å². The van der Waals surface area contributed by atoms with Crippen LogP contribution in [0.15, 0.2) is 0 Å². The molecule has 0 saturated heterocycles. The third kappa shape index (κ3) is 5.04. The van der Waals surface area contributed by atoms with E-state index in [1.807, 2.05) is 0 Å². The molecule has 0 saturated carbocycles. The summed E-state index contributed by atoms with van der Waals surface area (Å²) in [5, 5.41) is 16.2. The molecule has 0 fully saturated rings. The Balaban J connectivity index is 3.53. The topological polar surface area (TPSA) is 77.8 Å². The summed E-state index contributed by atoms with van der Waals surface area (Å²) < 4.78 is 0. The van der Waals surface area contributed by atoms with Crippen molar-refractivity contribution in [1.82, 2.24) is 4.90 Å². The molecular formula is C5H8NO4. The molecule has 0 amide bonds. The maximum atomic E-state index is 9.92. The lowest BCUT2D eigenvalue weighted by molar-refractivity contribution is -0.140. The summed E-state index contributed by atoms with van der Waals surface area (Å²) >= 11 is 0. The highest BCUT2D eigenvalue weighted by Gasteiger charge is 2.06. The number of carboxylic acid groups (broad SMARTS) is 2. The largest absolute Gasteiger partial charge is 0.480 e. The van der Waals surface area contributed by atoms with E-state index in [1.54, 1.807) is 0 Å². The molecule has 0 aliphatic heterocycles. The fraction of sp³-hybridized carbons (Fsp3) is 0.400. The first kappa shape index (κ1) is 8.90. The molecule has 0 aliphatic carbocycles. The van der Waals surface area contributed by atoms with Crippen LogP contribution in [0.2, 0.25) is 0 Å². The highest BCUT2D eigenvalue weighted by Crippen LogP contribution is 1.82. The normalized spacial score (nSPS) is 9.80. The molecule has 0 heterocycles. The fourth-order valence-electron chi connectivity index (χ4n) is 0.438. The molecule has 0 spiro atoms. The van der Waals surface area contributed by atoms with Crippen LogP contribution < -0.4 is 0 Å². The predicted molar refractivity (Wildman–Crippen MR) is 32.2 cm³/mol. The SMILES string of the molecule is [CH2]N(CC(=O)O)CC(=O)O. The zero-order chi connectivity index (χ0) is 8.15. The minimum absolute atomic E-state index is 0.355. The van der Waals surface area contributed by atoms with Crippen LogP contribution in [0.3, 0.4) is 0 Å². The molecule has 5 heteroatoms. The van der Waals surface area contributed by atoms with Crippen molar-refractivity contribution in [3.05, 3.63) is 7.05 Å². The van der Waals surface area contributed by atoms with Crippen molar-refractivity contribution in [2.24, 2.45) is 0 Å². The predicted octanol–water partition coefficient (Wildman–Crippen LogP) is -0.751. The van der Waals surface area contributed by atoms with Crippen LogP contribution in [0, 0.1) is 7.05 Å². The van der Waals surface area contributed by atoms with Crippen LogP contribution in [-0.2, 0) is 9.59 Å². The molecule has 57 valence electrons. The third-order valence-corrected chi connectivity index (χ3v) is 0.718. The summed E-state index contributed by atoms with van der Waals surface area (Å²) in [5.74, 6) is -2.17. The smallest absolute Gasteiger partial charge is 0.317 e. The van der Waals surface area contributed by atoms with E-state index in [1.165, 1.54) is 0 Å². The van der Waals surface area contributed by atoms with Gasteiger partial charge in [0.05, 0.1) is 13.1 Å². The van der Waals surface area contributed by atoms with Gasteiger partial charge < -0.3 is 10.2 Å². The standard InChI is InChI=1S/C5H8NO4/c1-6(2-4(7)8)3-5(9)10/h1-3H2,(H,7,8)(H,9,10). The van der Waals surface area contributed by atoms with Crippen LogP contribution in [-0.4, -0.2) is 40.1 Å². The van der Waals surface area contributed by atoms with E-state index < -0.39 is 11.9 Å². The molecule has 0 bridgehead atoms. The van der Waals surface area contributed by atoms with Crippen LogP contribution in [0.1, 0.15) is 0 Å². The summed E-state index contributed by atoms with van der Waals surface area (Å²) in [5.41, 5.74) is 0. The molecule has 10 heavy (non-hydrogen) atoms. The molecule has 1 radical (unpaired) electrons. The van der Waals surface area contributed by atoms with Gasteiger partial charge in [0.25, 0.3) is 0 Å². The van der Waals surface area contributed by atoms with Crippen molar-refractivity contribution >= 4 is 11.9 Å². The van der Waals surface area contributed by atoms with E-state index in [0.717, 1.165) is 4.90 Å². The second-order valence-electron chi connectivity index (χ2n) is 1.77. The Hall–Kier alpha value is -1.10.